The monoisotopic (exact) mass is 541 g/mol. The molecule has 40 heavy (non-hydrogen) atoms. The van der Waals surface area contributed by atoms with Crippen molar-refractivity contribution in [3.8, 4) is 11.3 Å². The van der Waals surface area contributed by atoms with E-state index >= 15 is 0 Å². The molecule has 3 aromatic heterocycles. The lowest BCUT2D eigenvalue weighted by Crippen LogP contribution is -2.50. The van der Waals surface area contributed by atoms with E-state index in [2.05, 4.69) is 25.3 Å². The van der Waals surface area contributed by atoms with Crippen LogP contribution in [0, 0.1) is 18.6 Å². The molecule has 0 bridgehead atoms. The summed E-state index contributed by atoms with van der Waals surface area (Å²) in [5.74, 6) is -0.280. The molecule has 202 valence electrons. The van der Waals surface area contributed by atoms with Crippen molar-refractivity contribution in [3.05, 3.63) is 95.6 Å². The minimum Gasteiger partial charge on any atom is -0.352 e. The molecule has 1 N–H and O–H groups in total. The van der Waals surface area contributed by atoms with Crippen molar-refractivity contribution < 1.29 is 18.1 Å². The zero-order valence-electron chi connectivity index (χ0n) is 21.6. The van der Waals surface area contributed by atoms with E-state index in [1.165, 1.54) is 11.6 Å². The highest BCUT2D eigenvalue weighted by atomic mass is 19.1. The molecule has 2 aromatic carbocycles. The zero-order valence-corrected chi connectivity index (χ0v) is 21.6. The summed E-state index contributed by atoms with van der Waals surface area (Å²) in [4.78, 5) is 30.3. The molecule has 0 aliphatic carbocycles. The number of urea groups is 1. The number of anilines is 2. The first-order chi connectivity index (χ1) is 19.4. The number of pyridine rings is 1. The van der Waals surface area contributed by atoms with E-state index in [0.29, 0.717) is 61.0 Å². The Bertz CT molecular complexity index is 1670. The van der Waals surface area contributed by atoms with E-state index in [4.69, 9.17) is 9.51 Å². The summed E-state index contributed by atoms with van der Waals surface area (Å²) in [6, 6.07) is 14.5. The normalized spacial score (nSPS) is 13.6. The molecular weight excluding hydrogens is 516 g/mol. The summed E-state index contributed by atoms with van der Waals surface area (Å²) in [5.41, 5.74) is 3.90. The highest BCUT2D eigenvalue weighted by molar-refractivity contribution is 5.98. The number of carbonyl (C=O) groups excluding carboxylic acids is 1. The fraction of sp³-hybridized carbons (Fsp3) is 0.207. The predicted molar refractivity (Wildman–Crippen MR) is 146 cm³/mol. The summed E-state index contributed by atoms with van der Waals surface area (Å²) in [5, 5.41) is 7.50. The van der Waals surface area contributed by atoms with Gasteiger partial charge in [-0.15, -0.1) is 0 Å². The molecule has 0 saturated carbocycles. The summed E-state index contributed by atoms with van der Waals surface area (Å²) in [6.45, 7) is 3.69. The molecule has 1 aliphatic rings. The third-order valence-electron chi connectivity index (χ3n) is 6.82. The first-order valence-electron chi connectivity index (χ1n) is 12.8. The molecule has 1 saturated heterocycles. The van der Waals surface area contributed by atoms with E-state index in [-0.39, 0.29) is 5.69 Å². The number of piperazine rings is 1. The molecule has 5 aromatic rings. The molecule has 9 nitrogen and oxygen atoms in total. The lowest BCUT2D eigenvalue weighted by molar-refractivity contribution is 0.208. The van der Waals surface area contributed by atoms with E-state index in [9.17, 15) is 13.6 Å². The third kappa shape index (κ3) is 5.18. The van der Waals surface area contributed by atoms with Crippen LogP contribution in [0.2, 0.25) is 0 Å². The second-order valence-electron chi connectivity index (χ2n) is 9.61. The van der Waals surface area contributed by atoms with Crippen molar-refractivity contribution in [2.75, 3.05) is 36.4 Å². The minimum atomic E-state index is -0.827. The Labute approximate surface area is 228 Å². The van der Waals surface area contributed by atoms with Gasteiger partial charge in [0.05, 0.1) is 5.69 Å². The molecule has 0 unspecified atom stereocenters. The maximum Gasteiger partial charge on any atom is 0.322 e. The summed E-state index contributed by atoms with van der Waals surface area (Å²) in [6.07, 6.45) is 3.90. The molecule has 11 heteroatoms. The van der Waals surface area contributed by atoms with E-state index < -0.39 is 17.7 Å². The average molecular weight is 542 g/mol. The molecule has 4 heterocycles. The number of halogens is 2. The Kier molecular flexibility index (Phi) is 6.77. The second-order valence-corrected chi connectivity index (χ2v) is 9.61. The van der Waals surface area contributed by atoms with Crippen molar-refractivity contribution in [1.82, 2.24) is 25.0 Å². The summed E-state index contributed by atoms with van der Waals surface area (Å²) in [7, 11) is 0. The molecule has 0 atom stereocenters. The summed E-state index contributed by atoms with van der Waals surface area (Å²) >= 11 is 0. The molecular formula is C29H25F2N7O2. The number of aromatic nitrogens is 4. The Morgan fingerprint density at radius 1 is 1.02 bits per heavy atom. The first-order valence-corrected chi connectivity index (χ1v) is 12.8. The van der Waals surface area contributed by atoms with Gasteiger partial charge in [0, 0.05) is 56.6 Å². The molecule has 6 rings (SSSR count). The van der Waals surface area contributed by atoms with Gasteiger partial charge in [0.15, 0.2) is 0 Å². The van der Waals surface area contributed by atoms with E-state index in [1.807, 2.05) is 43.3 Å². The number of amides is 2. The van der Waals surface area contributed by atoms with Crippen LogP contribution in [0.5, 0.6) is 0 Å². The van der Waals surface area contributed by atoms with Gasteiger partial charge < -0.3 is 19.6 Å². The van der Waals surface area contributed by atoms with Gasteiger partial charge in [-0.3, -0.25) is 4.98 Å². The van der Waals surface area contributed by atoms with Crippen molar-refractivity contribution in [2.24, 2.45) is 0 Å². The van der Waals surface area contributed by atoms with E-state index in [1.54, 1.807) is 17.3 Å². The Morgan fingerprint density at radius 2 is 1.82 bits per heavy atom. The second kappa shape index (κ2) is 10.7. The predicted octanol–water partition coefficient (Wildman–Crippen LogP) is 5.21. The van der Waals surface area contributed by atoms with Gasteiger partial charge in [0.25, 0.3) is 5.71 Å². The van der Waals surface area contributed by atoms with Gasteiger partial charge in [-0.1, -0.05) is 35.0 Å². The molecule has 0 radical (unpaired) electrons. The van der Waals surface area contributed by atoms with Gasteiger partial charge in [-0.25, -0.2) is 18.6 Å². The molecule has 1 aliphatic heterocycles. The Morgan fingerprint density at radius 3 is 2.55 bits per heavy atom. The number of benzene rings is 2. The standard InChI is InChI=1S/C29H25F2N7O2/c1-18-4-6-19(7-5-18)15-24-34-27(25-26(36-40-28(25)35-24)20-3-2-10-32-17-20)37-11-13-38(14-12-37)29(39)33-23-9-8-21(30)16-22(23)31/h2-10,16-17H,11-15H2,1H3,(H,33,39). The van der Waals surface area contributed by atoms with Crippen molar-refractivity contribution in [3.63, 3.8) is 0 Å². The maximum atomic E-state index is 14.1. The fourth-order valence-corrected chi connectivity index (χ4v) is 4.68. The topological polar surface area (TPSA) is 100 Å². The number of nitrogens with one attached hydrogen (secondary N) is 1. The SMILES string of the molecule is Cc1ccc(Cc2nc(N3CCN(C(=O)Nc4ccc(F)cc4F)CC3)c3c(-c4cccnc4)noc3n2)cc1. The molecule has 0 spiro atoms. The molecule has 2 amide bonds. The molecule has 1 fully saturated rings. The van der Waals surface area contributed by atoms with Crippen LogP contribution in [0.1, 0.15) is 17.0 Å². The zero-order chi connectivity index (χ0) is 27.6. The maximum absolute atomic E-state index is 14.1. The van der Waals surface area contributed by atoms with Crippen LogP contribution in [-0.2, 0) is 6.42 Å². The number of hydrogen-bond donors (Lipinski definition) is 1. The number of aryl methyl sites for hydroxylation is 1. The van der Waals surface area contributed by atoms with Gasteiger partial charge in [0.1, 0.15) is 34.4 Å². The van der Waals surface area contributed by atoms with Crippen LogP contribution in [0.15, 0.2) is 71.5 Å². The number of rotatable bonds is 5. The Balaban J connectivity index is 1.28. The highest BCUT2D eigenvalue weighted by Gasteiger charge is 2.27. The average Bonchev–Trinajstić information content (AvgIpc) is 3.40. The van der Waals surface area contributed by atoms with Crippen LogP contribution in [0.25, 0.3) is 22.4 Å². The van der Waals surface area contributed by atoms with Crippen LogP contribution in [0.3, 0.4) is 0 Å². The highest BCUT2D eigenvalue weighted by Crippen LogP contribution is 2.34. The van der Waals surface area contributed by atoms with Crippen LogP contribution >= 0.6 is 0 Å². The third-order valence-corrected chi connectivity index (χ3v) is 6.82. The first kappa shape index (κ1) is 25.4. The quantitative estimate of drug-likeness (QED) is 0.326. The fourth-order valence-electron chi connectivity index (χ4n) is 4.68. The Hall–Kier alpha value is -4.93. The van der Waals surface area contributed by atoms with Crippen molar-refractivity contribution in [1.29, 1.82) is 0 Å². The number of carbonyl (C=O) groups is 1. The van der Waals surface area contributed by atoms with Gasteiger partial charge >= 0.3 is 6.03 Å². The largest absolute Gasteiger partial charge is 0.352 e. The van der Waals surface area contributed by atoms with E-state index in [0.717, 1.165) is 23.3 Å². The van der Waals surface area contributed by atoms with Crippen molar-refractivity contribution in [2.45, 2.75) is 13.3 Å². The van der Waals surface area contributed by atoms with Crippen LogP contribution in [-0.4, -0.2) is 57.2 Å². The smallest absolute Gasteiger partial charge is 0.322 e. The number of hydrogen-bond acceptors (Lipinski definition) is 7. The lowest BCUT2D eigenvalue weighted by atomic mass is 10.1. The lowest BCUT2D eigenvalue weighted by Gasteiger charge is -2.35. The van der Waals surface area contributed by atoms with Gasteiger partial charge in [-0.2, -0.15) is 4.98 Å². The summed E-state index contributed by atoms with van der Waals surface area (Å²) < 4.78 is 33.0. The van der Waals surface area contributed by atoms with Gasteiger partial charge in [-0.05, 0) is 36.8 Å². The number of fused-ring (bicyclic) bond motifs is 1. The van der Waals surface area contributed by atoms with Crippen molar-refractivity contribution >= 4 is 28.6 Å². The van der Waals surface area contributed by atoms with Crippen LogP contribution in [0.4, 0.5) is 25.1 Å². The van der Waals surface area contributed by atoms with Crippen LogP contribution < -0.4 is 10.2 Å². The van der Waals surface area contributed by atoms with Gasteiger partial charge in [0.2, 0.25) is 0 Å². The number of nitrogens with zero attached hydrogens (tertiary/aromatic N) is 6. The minimum absolute atomic E-state index is 0.0716.